The van der Waals surface area contributed by atoms with Crippen LogP contribution in [0.1, 0.15) is 30.4 Å². The number of halogens is 1. The second-order valence-electron chi connectivity index (χ2n) is 5.04. The molecule has 2 N–H and O–H groups in total. The van der Waals surface area contributed by atoms with Gasteiger partial charge in [0.15, 0.2) is 0 Å². The van der Waals surface area contributed by atoms with E-state index < -0.39 is 0 Å². The first-order chi connectivity index (χ1) is 8.33. The lowest BCUT2D eigenvalue weighted by atomic mass is 9.91. The molecule has 4 heteroatoms. The number of rotatable bonds is 2. The second-order valence-corrected chi connectivity index (χ2v) is 5.04. The average molecular weight is 267 g/mol. The number of carbonyl (C=O) groups is 1. The maximum absolute atomic E-state index is 12.0. The van der Waals surface area contributed by atoms with Gasteiger partial charge in [-0.15, -0.1) is 12.4 Å². The highest BCUT2D eigenvalue weighted by molar-refractivity contribution is 5.85. The summed E-state index contributed by atoms with van der Waals surface area (Å²) in [5.41, 5.74) is 2.63. The number of nitrogens with one attached hydrogen (secondary N) is 2. The zero-order valence-corrected chi connectivity index (χ0v) is 11.1. The van der Waals surface area contributed by atoms with E-state index in [4.69, 9.17) is 0 Å². The zero-order chi connectivity index (χ0) is 11.7. The van der Waals surface area contributed by atoms with Crippen LogP contribution in [0.5, 0.6) is 0 Å². The lowest BCUT2D eigenvalue weighted by Gasteiger charge is -2.31. The van der Waals surface area contributed by atoms with Gasteiger partial charge in [-0.05, 0) is 36.8 Å². The zero-order valence-electron chi connectivity index (χ0n) is 10.3. The van der Waals surface area contributed by atoms with Gasteiger partial charge in [-0.1, -0.05) is 24.3 Å². The van der Waals surface area contributed by atoms with Crippen molar-refractivity contribution >= 4 is 18.3 Å². The molecule has 1 saturated carbocycles. The molecule has 1 aliphatic heterocycles. The fourth-order valence-corrected chi connectivity index (χ4v) is 2.49. The van der Waals surface area contributed by atoms with Crippen LogP contribution < -0.4 is 10.6 Å². The summed E-state index contributed by atoms with van der Waals surface area (Å²) in [6, 6.07) is 8.73. The third-order valence-corrected chi connectivity index (χ3v) is 3.85. The van der Waals surface area contributed by atoms with Gasteiger partial charge in [0.05, 0.1) is 6.04 Å². The molecule has 2 aliphatic rings. The van der Waals surface area contributed by atoms with E-state index >= 15 is 0 Å². The summed E-state index contributed by atoms with van der Waals surface area (Å²) in [5.74, 6) is 0.171. The van der Waals surface area contributed by atoms with Gasteiger partial charge < -0.3 is 10.6 Å². The summed E-state index contributed by atoms with van der Waals surface area (Å²) < 4.78 is 0. The molecule has 1 unspecified atom stereocenters. The number of amides is 1. The van der Waals surface area contributed by atoms with Crippen molar-refractivity contribution in [3.8, 4) is 0 Å². The van der Waals surface area contributed by atoms with Crippen molar-refractivity contribution in [1.29, 1.82) is 0 Å². The van der Waals surface area contributed by atoms with Crippen LogP contribution in [-0.4, -0.2) is 18.0 Å². The van der Waals surface area contributed by atoms with Crippen molar-refractivity contribution in [2.75, 3.05) is 0 Å². The minimum atomic E-state index is -0.0505. The van der Waals surface area contributed by atoms with Crippen molar-refractivity contribution < 1.29 is 4.79 Å². The molecular weight excluding hydrogens is 248 g/mol. The number of hydrogen-bond donors (Lipinski definition) is 2. The van der Waals surface area contributed by atoms with Crippen LogP contribution in [0, 0.1) is 0 Å². The van der Waals surface area contributed by atoms with E-state index in [1.165, 1.54) is 17.5 Å². The predicted molar refractivity (Wildman–Crippen MR) is 73.8 cm³/mol. The van der Waals surface area contributed by atoms with Crippen molar-refractivity contribution in [1.82, 2.24) is 10.6 Å². The highest BCUT2D eigenvalue weighted by atomic mass is 35.5. The Kier molecular flexibility index (Phi) is 4.25. The molecule has 0 spiro atoms. The Morgan fingerprint density at radius 3 is 2.61 bits per heavy atom. The molecule has 0 radical (unpaired) electrons. The van der Waals surface area contributed by atoms with E-state index in [-0.39, 0.29) is 24.4 Å². The Morgan fingerprint density at radius 2 is 1.94 bits per heavy atom. The maximum Gasteiger partial charge on any atom is 0.237 e. The molecule has 98 valence electrons. The van der Waals surface area contributed by atoms with Crippen LogP contribution in [0.25, 0.3) is 0 Å². The standard InChI is InChI=1S/C14H18N2O.ClH/c17-14(16-12-6-3-7-12)13-8-10-4-1-2-5-11(10)9-15-13;/h1-2,4-5,12-13,15H,3,6-9H2,(H,16,17);1H. The van der Waals surface area contributed by atoms with Crippen molar-refractivity contribution in [3.05, 3.63) is 35.4 Å². The van der Waals surface area contributed by atoms with E-state index in [1.54, 1.807) is 0 Å². The first kappa shape index (κ1) is 13.4. The van der Waals surface area contributed by atoms with E-state index in [0.29, 0.717) is 6.04 Å². The lowest BCUT2D eigenvalue weighted by molar-refractivity contribution is -0.124. The molecule has 3 nitrogen and oxygen atoms in total. The number of hydrogen-bond acceptors (Lipinski definition) is 2. The molecule has 1 aromatic rings. The van der Waals surface area contributed by atoms with Gasteiger partial charge >= 0.3 is 0 Å². The summed E-state index contributed by atoms with van der Waals surface area (Å²) in [5, 5.41) is 6.43. The highest BCUT2D eigenvalue weighted by Crippen LogP contribution is 2.20. The first-order valence-corrected chi connectivity index (χ1v) is 6.43. The van der Waals surface area contributed by atoms with Crippen LogP contribution in [0.3, 0.4) is 0 Å². The lowest BCUT2D eigenvalue weighted by Crippen LogP contribution is -2.51. The largest absolute Gasteiger partial charge is 0.352 e. The Balaban J connectivity index is 0.00000120. The summed E-state index contributed by atoms with van der Waals surface area (Å²) in [4.78, 5) is 12.0. The molecule has 0 aromatic heterocycles. The molecule has 1 amide bonds. The van der Waals surface area contributed by atoms with Crippen LogP contribution in [0.15, 0.2) is 24.3 Å². The van der Waals surface area contributed by atoms with Gasteiger partial charge in [-0.25, -0.2) is 0 Å². The summed E-state index contributed by atoms with van der Waals surface area (Å²) in [6.07, 6.45) is 4.37. The van der Waals surface area contributed by atoms with E-state index in [1.807, 2.05) is 6.07 Å². The van der Waals surface area contributed by atoms with Crippen LogP contribution in [-0.2, 0) is 17.8 Å². The van der Waals surface area contributed by atoms with Gasteiger partial charge in [-0.3, -0.25) is 4.79 Å². The minimum absolute atomic E-state index is 0. The van der Waals surface area contributed by atoms with Gasteiger partial charge in [0.1, 0.15) is 0 Å². The smallest absolute Gasteiger partial charge is 0.237 e. The molecule has 18 heavy (non-hydrogen) atoms. The minimum Gasteiger partial charge on any atom is -0.352 e. The molecule has 1 aromatic carbocycles. The molecule has 1 fully saturated rings. The van der Waals surface area contributed by atoms with Gasteiger partial charge in [-0.2, -0.15) is 0 Å². The number of carbonyl (C=O) groups excluding carboxylic acids is 1. The average Bonchev–Trinajstić information content (AvgIpc) is 2.33. The normalized spacial score (nSPS) is 22.3. The second kappa shape index (κ2) is 5.72. The predicted octanol–water partition coefficient (Wildman–Crippen LogP) is 1.79. The number of fused-ring (bicyclic) bond motifs is 1. The van der Waals surface area contributed by atoms with Gasteiger partial charge in [0.25, 0.3) is 0 Å². The fourth-order valence-electron chi connectivity index (χ4n) is 2.49. The Bertz CT molecular complexity index is 432. The summed E-state index contributed by atoms with van der Waals surface area (Å²) >= 11 is 0. The molecule has 1 heterocycles. The monoisotopic (exact) mass is 266 g/mol. The quantitative estimate of drug-likeness (QED) is 0.857. The topological polar surface area (TPSA) is 41.1 Å². The molecule has 1 aliphatic carbocycles. The van der Waals surface area contributed by atoms with Gasteiger partial charge in [0, 0.05) is 12.6 Å². The van der Waals surface area contributed by atoms with E-state index in [9.17, 15) is 4.79 Å². The Labute approximate surface area is 114 Å². The van der Waals surface area contributed by atoms with Crippen molar-refractivity contribution in [2.24, 2.45) is 0 Å². The van der Waals surface area contributed by atoms with Crippen molar-refractivity contribution in [2.45, 2.75) is 44.3 Å². The van der Waals surface area contributed by atoms with Crippen LogP contribution >= 0.6 is 12.4 Å². The van der Waals surface area contributed by atoms with E-state index in [2.05, 4.69) is 28.8 Å². The number of benzene rings is 1. The molecule has 3 rings (SSSR count). The van der Waals surface area contributed by atoms with Crippen LogP contribution in [0.2, 0.25) is 0 Å². The third-order valence-electron chi connectivity index (χ3n) is 3.85. The molecule has 1 atom stereocenters. The molecule has 0 saturated heterocycles. The van der Waals surface area contributed by atoms with E-state index in [0.717, 1.165) is 25.8 Å². The first-order valence-electron chi connectivity index (χ1n) is 6.43. The van der Waals surface area contributed by atoms with Crippen molar-refractivity contribution in [3.63, 3.8) is 0 Å². The highest BCUT2D eigenvalue weighted by Gasteiger charge is 2.27. The summed E-state index contributed by atoms with van der Waals surface area (Å²) in [6.45, 7) is 0.804. The summed E-state index contributed by atoms with van der Waals surface area (Å²) in [7, 11) is 0. The Hall–Kier alpha value is -1.06. The Morgan fingerprint density at radius 1 is 1.22 bits per heavy atom. The fraction of sp³-hybridized carbons (Fsp3) is 0.500. The molecular formula is C14H19ClN2O. The third kappa shape index (κ3) is 2.68. The van der Waals surface area contributed by atoms with Gasteiger partial charge in [0.2, 0.25) is 5.91 Å². The maximum atomic E-state index is 12.0. The SMILES string of the molecule is Cl.O=C(NC1CCC1)C1Cc2ccccc2CN1. The van der Waals surface area contributed by atoms with Crippen LogP contribution in [0.4, 0.5) is 0 Å². The molecule has 0 bridgehead atoms.